The van der Waals surface area contributed by atoms with Crippen LogP contribution < -0.4 is 10.6 Å². The highest BCUT2D eigenvalue weighted by Gasteiger charge is 2.19. The summed E-state index contributed by atoms with van der Waals surface area (Å²) in [6.07, 6.45) is 3.88. The van der Waals surface area contributed by atoms with Gasteiger partial charge in [0, 0.05) is 23.8 Å². The first-order chi connectivity index (χ1) is 10.6. The molecule has 0 bridgehead atoms. The van der Waals surface area contributed by atoms with Crippen molar-refractivity contribution < 1.29 is 4.79 Å². The monoisotopic (exact) mass is 354 g/mol. The second kappa shape index (κ2) is 7.81. The number of hydrogen-bond acceptors (Lipinski definition) is 3. The molecule has 1 aromatic heterocycles. The average molecular weight is 355 g/mol. The maximum Gasteiger partial charge on any atom is 0.255 e. The predicted octanol–water partition coefficient (Wildman–Crippen LogP) is 2.74. The van der Waals surface area contributed by atoms with E-state index >= 15 is 0 Å². The standard InChI is InChI=1S/C16H19ClN4O.ClH/c1-11-15(16(22)19-13-3-2-8-18-9-13)10-21(20-11)14-6-4-12(17)5-7-14;/h4-7,10,13,18H,2-3,8-9H2,1H3,(H,19,22);1H/t13-;/m0./s1. The zero-order valence-electron chi connectivity index (χ0n) is 12.9. The Labute approximate surface area is 146 Å². The number of benzene rings is 1. The van der Waals surface area contributed by atoms with Gasteiger partial charge in [-0.15, -0.1) is 12.4 Å². The Morgan fingerprint density at radius 3 is 2.78 bits per heavy atom. The Kier molecular flexibility index (Phi) is 6.04. The maximum absolute atomic E-state index is 12.4. The minimum Gasteiger partial charge on any atom is -0.348 e. The van der Waals surface area contributed by atoms with Crippen LogP contribution >= 0.6 is 24.0 Å². The molecular weight excluding hydrogens is 335 g/mol. The van der Waals surface area contributed by atoms with E-state index in [1.54, 1.807) is 23.0 Å². The molecule has 0 spiro atoms. The molecule has 1 saturated heterocycles. The fraction of sp³-hybridized carbons (Fsp3) is 0.375. The molecule has 124 valence electrons. The van der Waals surface area contributed by atoms with E-state index in [9.17, 15) is 4.79 Å². The lowest BCUT2D eigenvalue weighted by atomic mass is 10.1. The Morgan fingerprint density at radius 2 is 2.13 bits per heavy atom. The van der Waals surface area contributed by atoms with Crippen molar-refractivity contribution in [1.82, 2.24) is 20.4 Å². The minimum atomic E-state index is -0.0635. The first-order valence-electron chi connectivity index (χ1n) is 7.47. The molecule has 0 radical (unpaired) electrons. The SMILES string of the molecule is Cc1nn(-c2ccc(Cl)cc2)cc1C(=O)N[C@H]1CCCNC1.Cl. The smallest absolute Gasteiger partial charge is 0.255 e. The number of piperidine rings is 1. The van der Waals surface area contributed by atoms with Crippen LogP contribution in [0.1, 0.15) is 28.9 Å². The van der Waals surface area contributed by atoms with Gasteiger partial charge in [-0.25, -0.2) is 4.68 Å². The second-order valence-electron chi connectivity index (χ2n) is 5.57. The molecule has 3 rings (SSSR count). The Balaban J connectivity index is 0.00000192. The number of aromatic nitrogens is 2. The third kappa shape index (κ3) is 4.25. The molecule has 1 amide bonds. The molecule has 2 aromatic rings. The summed E-state index contributed by atoms with van der Waals surface area (Å²) < 4.78 is 1.71. The zero-order valence-corrected chi connectivity index (χ0v) is 14.5. The fourth-order valence-corrected chi connectivity index (χ4v) is 2.77. The predicted molar refractivity (Wildman–Crippen MR) is 93.9 cm³/mol. The summed E-state index contributed by atoms with van der Waals surface area (Å²) in [6, 6.07) is 7.56. The van der Waals surface area contributed by atoms with Gasteiger partial charge in [0.1, 0.15) is 0 Å². The van der Waals surface area contributed by atoms with E-state index in [1.165, 1.54) is 0 Å². The van der Waals surface area contributed by atoms with Crippen LogP contribution in [0.3, 0.4) is 0 Å². The van der Waals surface area contributed by atoms with Crippen molar-refractivity contribution in [2.24, 2.45) is 0 Å². The van der Waals surface area contributed by atoms with Crippen LogP contribution in [0.15, 0.2) is 30.5 Å². The molecule has 1 aliphatic rings. The number of halogens is 2. The molecule has 0 unspecified atom stereocenters. The van der Waals surface area contributed by atoms with Gasteiger partial charge in [-0.3, -0.25) is 4.79 Å². The Morgan fingerprint density at radius 1 is 1.39 bits per heavy atom. The van der Waals surface area contributed by atoms with Crippen LogP contribution in [0.4, 0.5) is 0 Å². The highest BCUT2D eigenvalue weighted by molar-refractivity contribution is 6.30. The van der Waals surface area contributed by atoms with Crippen molar-refractivity contribution in [3.8, 4) is 5.69 Å². The quantitative estimate of drug-likeness (QED) is 0.890. The molecule has 1 fully saturated rings. The molecule has 0 saturated carbocycles. The number of aryl methyl sites for hydroxylation is 1. The maximum atomic E-state index is 12.4. The Bertz CT molecular complexity index is 663. The van der Waals surface area contributed by atoms with Gasteiger partial charge in [-0.2, -0.15) is 5.10 Å². The molecule has 23 heavy (non-hydrogen) atoms. The highest BCUT2D eigenvalue weighted by Crippen LogP contribution is 2.15. The van der Waals surface area contributed by atoms with Crippen molar-refractivity contribution >= 4 is 29.9 Å². The molecule has 0 aliphatic carbocycles. The van der Waals surface area contributed by atoms with Crippen molar-refractivity contribution in [1.29, 1.82) is 0 Å². The van der Waals surface area contributed by atoms with Gasteiger partial charge < -0.3 is 10.6 Å². The molecule has 5 nitrogen and oxygen atoms in total. The normalized spacial score (nSPS) is 17.4. The zero-order chi connectivity index (χ0) is 15.5. The van der Waals surface area contributed by atoms with E-state index in [-0.39, 0.29) is 24.4 Å². The van der Waals surface area contributed by atoms with E-state index in [4.69, 9.17) is 11.6 Å². The van der Waals surface area contributed by atoms with E-state index in [0.717, 1.165) is 37.3 Å². The van der Waals surface area contributed by atoms with Gasteiger partial charge >= 0.3 is 0 Å². The summed E-state index contributed by atoms with van der Waals surface area (Å²) in [4.78, 5) is 12.4. The summed E-state index contributed by atoms with van der Waals surface area (Å²) in [6.45, 7) is 3.70. The third-order valence-electron chi connectivity index (χ3n) is 3.87. The lowest BCUT2D eigenvalue weighted by molar-refractivity contribution is 0.0930. The molecular formula is C16H20Cl2N4O. The average Bonchev–Trinajstić information content (AvgIpc) is 2.91. The van der Waals surface area contributed by atoms with Crippen LogP contribution in [0.25, 0.3) is 5.69 Å². The van der Waals surface area contributed by atoms with Gasteiger partial charge in [0.15, 0.2) is 0 Å². The number of nitrogens with one attached hydrogen (secondary N) is 2. The molecule has 2 heterocycles. The lowest BCUT2D eigenvalue weighted by Crippen LogP contribution is -2.45. The van der Waals surface area contributed by atoms with Gasteiger partial charge in [-0.05, 0) is 50.6 Å². The number of carbonyl (C=O) groups excluding carboxylic acids is 1. The molecule has 7 heteroatoms. The topological polar surface area (TPSA) is 59.0 Å². The summed E-state index contributed by atoms with van der Waals surface area (Å²) in [5, 5.41) is 11.5. The fourth-order valence-electron chi connectivity index (χ4n) is 2.65. The number of nitrogens with zero attached hydrogens (tertiary/aromatic N) is 2. The number of rotatable bonds is 3. The number of carbonyl (C=O) groups is 1. The number of hydrogen-bond donors (Lipinski definition) is 2. The summed E-state index contributed by atoms with van der Waals surface area (Å²) in [5.41, 5.74) is 2.21. The molecule has 1 aliphatic heterocycles. The van der Waals surface area contributed by atoms with Crippen LogP contribution in [0.5, 0.6) is 0 Å². The summed E-state index contributed by atoms with van der Waals surface area (Å²) in [7, 11) is 0. The van der Waals surface area contributed by atoms with Crippen LogP contribution in [-0.4, -0.2) is 34.8 Å². The number of amides is 1. The van der Waals surface area contributed by atoms with Crippen molar-refractivity contribution in [3.63, 3.8) is 0 Å². The van der Waals surface area contributed by atoms with E-state index in [2.05, 4.69) is 15.7 Å². The minimum absolute atomic E-state index is 0. The van der Waals surface area contributed by atoms with E-state index in [1.807, 2.05) is 19.1 Å². The summed E-state index contributed by atoms with van der Waals surface area (Å²) >= 11 is 5.89. The van der Waals surface area contributed by atoms with Crippen molar-refractivity contribution in [2.45, 2.75) is 25.8 Å². The highest BCUT2D eigenvalue weighted by atomic mass is 35.5. The van der Waals surface area contributed by atoms with E-state index in [0.29, 0.717) is 10.6 Å². The largest absolute Gasteiger partial charge is 0.348 e. The first kappa shape index (κ1) is 17.8. The second-order valence-corrected chi connectivity index (χ2v) is 6.00. The van der Waals surface area contributed by atoms with Gasteiger partial charge in [0.2, 0.25) is 0 Å². The van der Waals surface area contributed by atoms with Crippen molar-refractivity contribution in [2.75, 3.05) is 13.1 Å². The van der Waals surface area contributed by atoms with Crippen molar-refractivity contribution in [3.05, 3.63) is 46.7 Å². The van der Waals surface area contributed by atoms with Gasteiger partial charge in [0.25, 0.3) is 5.91 Å². The Hall–Kier alpha value is -1.56. The van der Waals surface area contributed by atoms with Crippen LogP contribution in [0.2, 0.25) is 5.02 Å². The van der Waals surface area contributed by atoms with Gasteiger partial charge in [-0.1, -0.05) is 11.6 Å². The van der Waals surface area contributed by atoms with Gasteiger partial charge in [0.05, 0.1) is 16.9 Å². The molecule has 2 N–H and O–H groups in total. The first-order valence-corrected chi connectivity index (χ1v) is 7.85. The van der Waals surface area contributed by atoms with Crippen LogP contribution in [-0.2, 0) is 0 Å². The molecule has 1 aromatic carbocycles. The van der Waals surface area contributed by atoms with Crippen LogP contribution in [0, 0.1) is 6.92 Å². The van der Waals surface area contributed by atoms with E-state index < -0.39 is 0 Å². The lowest BCUT2D eigenvalue weighted by Gasteiger charge is -2.23. The third-order valence-corrected chi connectivity index (χ3v) is 4.12. The summed E-state index contributed by atoms with van der Waals surface area (Å²) in [5.74, 6) is -0.0635. The molecule has 1 atom stereocenters.